The minimum absolute atomic E-state index is 0.791. The van der Waals surface area contributed by atoms with Gasteiger partial charge in [0, 0.05) is 0 Å². The van der Waals surface area contributed by atoms with Crippen LogP contribution in [0.25, 0.3) is 11.1 Å². The summed E-state index contributed by atoms with van der Waals surface area (Å²) < 4.78 is 23.7. The summed E-state index contributed by atoms with van der Waals surface area (Å²) in [7, 11) is 1.68. The first kappa shape index (κ1) is 36.9. The van der Waals surface area contributed by atoms with Gasteiger partial charge >= 0.3 is 0 Å². The fourth-order valence-corrected chi connectivity index (χ4v) is 6.70. The summed E-state index contributed by atoms with van der Waals surface area (Å²) in [5.74, 6) is 5.72. The van der Waals surface area contributed by atoms with Crippen molar-refractivity contribution in [2.45, 2.75) is 26.2 Å². The lowest BCUT2D eigenvalue weighted by Crippen LogP contribution is -1.91. The summed E-state index contributed by atoms with van der Waals surface area (Å²) in [5, 5.41) is 0. The summed E-state index contributed by atoms with van der Waals surface area (Å²) in [6, 6.07) is 66.4. The van der Waals surface area contributed by atoms with Crippen LogP contribution in [0.4, 0.5) is 0 Å². The van der Waals surface area contributed by atoms with Crippen LogP contribution in [0.3, 0.4) is 0 Å². The van der Waals surface area contributed by atoms with Crippen molar-refractivity contribution in [3.8, 4) is 51.4 Å². The fourth-order valence-electron chi connectivity index (χ4n) is 6.70. The zero-order chi connectivity index (χ0) is 38.8. The van der Waals surface area contributed by atoms with E-state index < -0.39 is 0 Å². The molecular weight excluding hydrogens is 701 g/mol. The van der Waals surface area contributed by atoms with Gasteiger partial charge in [-0.15, -0.1) is 0 Å². The molecular formula is C53H44O4. The molecule has 0 atom stereocenters. The van der Waals surface area contributed by atoms with Crippen molar-refractivity contribution in [1.82, 2.24) is 0 Å². The van der Waals surface area contributed by atoms with Crippen molar-refractivity contribution in [2.24, 2.45) is 0 Å². The minimum Gasteiger partial charge on any atom is -0.497 e. The number of benzene rings is 8. The second-order valence-corrected chi connectivity index (χ2v) is 14.3. The molecule has 0 saturated carbocycles. The molecule has 4 nitrogen and oxygen atoms in total. The third-order valence-corrected chi connectivity index (χ3v) is 9.95. The first-order valence-corrected chi connectivity index (χ1v) is 19.3. The molecule has 0 aliphatic heterocycles. The van der Waals surface area contributed by atoms with Gasteiger partial charge in [-0.05, 0) is 156 Å². The van der Waals surface area contributed by atoms with Gasteiger partial charge < -0.3 is 18.9 Å². The highest BCUT2D eigenvalue weighted by atomic mass is 16.5. The van der Waals surface area contributed by atoms with Crippen molar-refractivity contribution in [3.63, 3.8) is 0 Å². The zero-order valence-corrected chi connectivity index (χ0v) is 32.2. The molecule has 280 valence electrons. The zero-order valence-electron chi connectivity index (χ0n) is 32.2. The highest BCUT2D eigenvalue weighted by molar-refractivity contribution is 5.65. The number of rotatable bonds is 14. The predicted molar refractivity (Wildman–Crippen MR) is 230 cm³/mol. The standard InChI is InChI=1S/C53H44O4/c1-38-3-5-39(6-4-38)35-41-9-27-50(28-10-41)56-52-31-17-45(18-32-52)46-19-33-53(34-20-46)57-51-29-15-44(16-30-51)37-43-13-25-49(26-14-43)55-48-23-11-42(12-24-48)36-40-7-21-47(54-2)22-8-40/h3-34H,35-37H2,1-2H3. The Morgan fingerprint density at radius 3 is 0.719 bits per heavy atom. The van der Waals surface area contributed by atoms with E-state index >= 15 is 0 Å². The molecule has 0 unspecified atom stereocenters. The summed E-state index contributed by atoms with van der Waals surface area (Å²) in [4.78, 5) is 0. The van der Waals surface area contributed by atoms with Crippen LogP contribution in [0.2, 0.25) is 0 Å². The van der Waals surface area contributed by atoms with Crippen LogP contribution in [0.5, 0.6) is 40.2 Å². The van der Waals surface area contributed by atoms with Crippen LogP contribution in [0.1, 0.15) is 38.9 Å². The highest BCUT2D eigenvalue weighted by Crippen LogP contribution is 2.30. The van der Waals surface area contributed by atoms with E-state index in [0.29, 0.717) is 0 Å². The lowest BCUT2D eigenvalue weighted by molar-refractivity contribution is 0.414. The van der Waals surface area contributed by atoms with Gasteiger partial charge in [-0.2, -0.15) is 0 Å². The molecule has 0 spiro atoms. The van der Waals surface area contributed by atoms with Crippen molar-refractivity contribution >= 4 is 0 Å². The fraction of sp³-hybridized carbons (Fsp3) is 0.0943. The van der Waals surface area contributed by atoms with Gasteiger partial charge in [0.25, 0.3) is 0 Å². The minimum atomic E-state index is 0.791. The Morgan fingerprint density at radius 1 is 0.263 bits per heavy atom. The van der Waals surface area contributed by atoms with Gasteiger partial charge in [0.2, 0.25) is 0 Å². The van der Waals surface area contributed by atoms with Crippen LogP contribution in [0, 0.1) is 6.92 Å². The summed E-state index contributed by atoms with van der Waals surface area (Å²) in [6.45, 7) is 2.11. The summed E-state index contributed by atoms with van der Waals surface area (Å²) in [5.41, 5.74) is 11.0. The number of ether oxygens (including phenoxy) is 4. The maximum absolute atomic E-state index is 6.18. The third-order valence-electron chi connectivity index (χ3n) is 9.95. The van der Waals surface area contributed by atoms with E-state index in [4.69, 9.17) is 18.9 Å². The second-order valence-electron chi connectivity index (χ2n) is 14.3. The smallest absolute Gasteiger partial charge is 0.127 e. The Bertz CT molecular complexity index is 2470. The van der Waals surface area contributed by atoms with Gasteiger partial charge in [0.1, 0.15) is 40.2 Å². The average Bonchev–Trinajstić information content (AvgIpc) is 3.25. The van der Waals surface area contributed by atoms with Gasteiger partial charge in [-0.25, -0.2) is 0 Å². The Labute approximate surface area is 335 Å². The maximum Gasteiger partial charge on any atom is 0.127 e. The topological polar surface area (TPSA) is 36.9 Å². The monoisotopic (exact) mass is 744 g/mol. The molecule has 57 heavy (non-hydrogen) atoms. The Kier molecular flexibility index (Phi) is 11.4. The average molecular weight is 745 g/mol. The van der Waals surface area contributed by atoms with Crippen molar-refractivity contribution in [2.75, 3.05) is 7.11 Å². The van der Waals surface area contributed by atoms with Crippen molar-refractivity contribution < 1.29 is 18.9 Å². The van der Waals surface area contributed by atoms with Gasteiger partial charge in [0.15, 0.2) is 0 Å². The molecule has 0 heterocycles. The normalized spacial score (nSPS) is 10.8. The molecule has 0 aliphatic rings. The number of aryl methyl sites for hydroxylation is 1. The first-order chi connectivity index (χ1) is 28.0. The van der Waals surface area contributed by atoms with E-state index in [-0.39, 0.29) is 0 Å². The van der Waals surface area contributed by atoms with Gasteiger partial charge in [0.05, 0.1) is 7.11 Å². The number of hydrogen-bond donors (Lipinski definition) is 0. The summed E-state index contributed by atoms with van der Waals surface area (Å²) in [6.07, 6.45) is 2.59. The Hall–Kier alpha value is -7.04. The molecule has 8 aromatic carbocycles. The molecule has 0 fully saturated rings. The molecule has 0 amide bonds. The van der Waals surface area contributed by atoms with E-state index in [1.54, 1.807) is 7.11 Å². The van der Waals surface area contributed by atoms with Crippen LogP contribution >= 0.6 is 0 Å². The van der Waals surface area contributed by atoms with Crippen LogP contribution in [-0.2, 0) is 19.3 Å². The lowest BCUT2D eigenvalue weighted by atomic mass is 10.0. The van der Waals surface area contributed by atoms with E-state index in [1.165, 1.54) is 38.9 Å². The predicted octanol–water partition coefficient (Wildman–Crippen LogP) is 13.8. The summed E-state index contributed by atoms with van der Waals surface area (Å²) >= 11 is 0. The number of methoxy groups -OCH3 is 1. The highest BCUT2D eigenvalue weighted by Gasteiger charge is 2.06. The molecule has 0 aliphatic carbocycles. The van der Waals surface area contributed by atoms with E-state index in [1.807, 2.05) is 84.9 Å². The van der Waals surface area contributed by atoms with Crippen molar-refractivity contribution in [1.29, 1.82) is 0 Å². The quantitative estimate of drug-likeness (QED) is 0.111. The first-order valence-electron chi connectivity index (χ1n) is 19.3. The molecule has 0 aromatic heterocycles. The largest absolute Gasteiger partial charge is 0.497 e. The second kappa shape index (κ2) is 17.6. The van der Waals surface area contributed by atoms with E-state index in [2.05, 4.69) is 116 Å². The van der Waals surface area contributed by atoms with Crippen LogP contribution in [0.15, 0.2) is 194 Å². The molecule has 8 aromatic rings. The van der Waals surface area contributed by atoms with E-state index in [0.717, 1.165) is 70.6 Å². The van der Waals surface area contributed by atoms with Crippen molar-refractivity contribution in [3.05, 3.63) is 233 Å². The molecule has 0 bridgehead atoms. The molecule has 8 rings (SSSR count). The number of hydrogen-bond acceptors (Lipinski definition) is 4. The Balaban J connectivity index is 0.791. The van der Waals surface area contributed by atoms with Crippen LogP contribution in [-0.4, -0.2) is 7.11 Å². The van der Waals surface area contributed by atoms with E-state index in [9.17, 15) is 0 Å². The van der Waals surface area contributed by atoms with Crippen LogP contribution < -0.4 is 18.9 Å². The Morgan fingerprint density at radius 2 is 0.474 bits per heavy atom. The molecule has 0 radical (unpaired) electrons. The van der Waals surface area contributed by atoms with Gasteiger partial charge in [-0.1, -0.05) is 115 Å². The third kappa shape index (κ3) is 10.2. The SMILES string of the molecule is COc1ccc(Cc2ccc(Oc3ccc(Cc4ccc(Oc5ccc(-c6ccc(Oc7ccc(Cc8ccc(C)cc8)cc7)cc6)cc5)cc4)cc3)cc2)cc1. The molecule has 4 heteroatoms. The van der Waals surface area contributed by atoms with Gasteiger partial charge in [-0.3, -0.25) is 0 Å². The lowest BCUT2D eigenvalue weighted by Gasteiger charge is -2.10. The molecule has 0 N–H and O–H groups in total. The maximum atomic E-state index is 6.18. The molecule has 0 saturated heterocycles.